The smallest absolute Gasteiger partial charge is 0.264 e. The largest absolute Gasteiger partial charge is 0.266 e. The molecule has 1 aromatic heterocycles. The van der Waals surface area contributed by atoms with Crippen molar-refractivity contribution in [2.24, 2.45) is 0 Å². The van der Waals surface area contributed by atoms with Crippen molar-refractivity contribution in [2.75, 3.05) is 6.54 Å². The van der Waals surface area contributed by atoms with E-state index in [1.165, 1.54) is 10.4 Å². The van der Waals surface area contributed by atoms with Crippen LogP contribution in [-0.2, 0) is 10.0 Å². The second-order valence-corrected chi connectivity index (χ2v) is 9.13. The van der Waals surface area contributed by atoms with E-state index in [0.717, 1.165) is 34.5 Å². The number of nitrogens with zero attached hydrogens (tertiary/aromatic N) is 2. The average Bonchev–Trinajstić information content (AvgIpc) is 3.21. The fourth-order valence-electron chi connectivity index (χ4n) is 3.04. The van der Waals surface area contributed by atoms with Gasteiger partial charge in [-0.15, -0.1) is 11.3 Å². The Hall–Kier alpha value is -2.12. The first-order valence-electron chi connectivity index (χ1n) is 9.36. The Kier molecular flexibility index (Phi) is 8.26. The van der Waals surface area contributed by atoms with Gasteiger partial charge in [-0.05, 0) is 57.4 Å². The van der Waals surface area contributed by atoms with Crippen LogP contribution in [0.25, 0.3) is 0 Å². The predicted octanol–water partition coefficient (Wildman–Crippen LogP) is 4.01. The summed E-state index contributed by atoms with van der Waals surface area (Å²) in [6.07, 6.45) is 16.1. The second kappa shape index (κ2) is 10.4. The molecule has 7 heteroatoms. The molecule has 1 fully saturated rings. The van der Waals surface area contributed by atoms with Gasteiger partial charge in [0.05, 0.1) is 15.5 Å². The molecule has 0 spiro atoms. The molecule has 0 radical (unpaired) electrons. The Labute approximate surface area is 173 Å². The van der Waals surface area contributed by atoms with Crippen LogP contribution in [0.2, 0.25) is 0 Å². The first-order chi connectivity index (χ1) is 13.5. The summed E-state index contributed by atoms with van der Waals surface area (Å²) in [5, 5.41) is 1.92. The van der Waals surface area contributed by atoms with E-state index < -0.39 is 10.0 Å². The molecule has 0 atom stereocenters. The van der Waals surface area contributed by atoms with Crippen molar-refractivity contribution in [3.05, 3.63) is 82.3 Å². The molecule has 4 nitrogen and oxygen atoms in total. The van der Waals surface area contributed by atoms with Crippen molar-refractivity contribution in [1.29, 1.82) is 0 Å². The lowest BCUT2D eigenvalue weighted by atomic mass is 9.70. The number of rotatable bonds is 7. The molecule has 28 heavy (non-hydrogen) atoms. The van der Waals surface area contributed by atoms with E-state index in [4.69, 9.17) is 0 Å². The molecule has 1 aliphatic rings. The Balaban J connectivity index is 2.44. The average molecular weight is 414 g/mol. The zero-order valence-electron chi connectivity index (χ0n) is 16.8. The third-order valence-corrected chi connectivity index (χ3v) is 7.15. The number of thiazole rings is 1. The van der Waals surface area contributed by atoms with Gasteiger partial charge in [-0.1, -0.05) is 36.4 Å². The Bertz CT molecular complexity index is 937. The highest BCUT2D eigenvalue weighted by Gasteiger charge is 2.31. The second-order valence-electron chi connectivity index (χ2n) is 6.29. The van der Waals surface area contributed by atoms with Crippen LogP contribution in [0.5, 0.6) is 0 Å². The van der Waals surface area contributed by atoms with Gasteiger partial charge < -0.3 is 0 Å². The molecular weight excluding hydrogens is 387 g/mol. The van der Waals surface area contributed by atoms with Gasteiger partial charge in [0.2, 0.25) is 7.28 Å². The van der Waals surface area contributed by atoms with Gasteiger partial charge in [0.15, 0.2) is 0 Å². The summed E-state index contributed by atoms with van der Waals surface area (Å²) in [6, 6.07) is 0. The normalized spacial score (nSPS) is 19.6. The Morgan fingerprint density at radius 2 is 2.14 bits per heavy atom. The zero-order valence-corrected chi connectivity index (χ0v) is 18.4. The first kappa shape index (κ1) is 22.2. The van der Waals surface area contributed by atoms with Crippen molar-refractivity contribution in [1.82, 2.24) is 9.29 Å². The van der Waals surface area contributed by atoms with Gasteiger partial charge in [0, 0.05) is 18.1 Å². The lowest BCUT2D eigenvalue weighted by Gasteiger charge is -2.33. The molecule has 0 aliphatic carbocycles. The summed E-state index contributed by atoms with van der Waals surface area (Å²) < 4.78 is 28.4. The van der Waals surface area contributed by atoms with E-state index in [-0.39, 0.29) is 4.91 Å². The maximum Gasteiger partial charge on any atom is 0.264 e. The van der Waals surface area contributed by atoms with Crippen LogP contribution in [0, 0.1) is 0 Å². The van der Waals surface area contributed by atoms with Crippen LogP contribution < -0.4 is 4.91 Å². The quantitative estimate of drug-likeness (QED) is 0.500. The fourth-order valence-corrected chi connectivity index (χ4v) is 5.26. The third kappa shape index (κ3) is 5.23. The molecule has 0 saturated carbocycles. The zero-order chi connectivity index (χ0) is 20.6. The van der Waals surface area contributed by atoms with Gasteiger partial charge in [0.1, 0.15) is 0 Å². The number of allylic oxidation sites excluding steroid dienone is 9. The van der Waals surface area contributed by atoms with E-state index in [1.54, 1.807) is 23.6 Å². The van der Waals surface area contributed by atoms with Crippen molar-refractivity contribution in [3.8, 4) is 0 Å². The standard InChI is InChI=1S/C21H27BN2O2S2/c1-5-9-12-20-17(6-2)11-10-14-24(20)28(25,26)19(8-4)16-18(7-3)22-21-23-13-15-27-21/h5-9,12-13,15-16,22H,4,10-11,14H2,1-3H3/b9-5-,17-6-,18-7+,19-16+,20-12+. The van der Waals surface area contributed by atoms with Crippen LogP contribution >= 0.6 is 11.3 Å². The lowest BCUT2D eigenvalue weighted by Crippen LogP contribution is -2.35. The minimum atomic E-state index is -3.71. The molecule has 1 saturated heterocycles. The van der Waals surface area contributed by atoms with Gasteiger partial charge in [0.25, 0.3) is 10.0 Å². The molecule has 0 N–H and O–H groups in total. The van der Waals surface area contributed by atoms with Gasteiger partial charge in [-0.3, -0.25) is 9.29 Å². The molecule has 0 bridgehead atoms. The number of sulfonamides is 1. The monoisotopic (exact) mass is 414 g/mol. The van der Waals surface area contributed by atoms with Gasteiger partial charge in [-0.25, -0.2) is 8.42 Å². The predicted molar refractivity (Wildman–Crippen MR) is 122 cm³/mol. The third-order valence-electron chi connectivity index (χ3n) is 4.53. The summed E-state index contributed by atoms with van der Waals surface area (Å²) in [6.45, 7) is 10.0. The molecule has 0 amide bonds. The molecule has 2 rings (SSSR count). The Morgan fingerprint density at radius 1 is 1.36 bits per heavy atom. The van der Waals surface area contributed by atoms with Crippen LogP contribution in [-0.4, -0.2) is 31.5 Å². The number of hydrogen-bond donors (Lipinski definition) is 0. The maximum atomic E-state index is 13.5. The Morgan fingerprint density at radius 3 is 2.71 bits per heavy atom. The van der Waals surface area contributed by atoms with E-state index >= 15 is 0 Å². The fraction of sp³-hybridized carbons (Fsp3) is 0.286. The van der Waals surface area contributed by atoms with Crippen molar-refractivity contribution in [3.63, 3.8) is 0 Å². The van der Waals surface area contributed by atoms with Crippen LogP contribution in [0.1, 0.15) is 33.6 Å². The number of piperidine rings is 1. The first-order valence-corrected chi connectivity index (χ1v) is 11.7. The topological polar surface area (TPSA) is 50.3 Å². The molecule has 148 valence electrons. The highest BCUT2D eigenvalue weighted by Crippen LogP contribution is 2.32. The van der Waals surface area contributed by atoms with Gasteiger partial charge in [-0.2, -0.15) is 0 Å². The van der Waals surface area contributed by atoms with E-state index in [1.807, 2.05) is 56.5 Å². The molecule has 2 heterocycles. The van der Waals surface area contributed by atoms with E-state index in [9.17, 15) is 8.42 Å². The van der Waals surface area contributed by atoms with Crippen LogP contribution in [0.3, 0.4) is 0 Å². The molecule has 1 aromatic rings. The van der Waals surface area contributed by atoms with Crippen molar-refractivity contribution < 1.29 is 8.42 Å². The highest BCUT2D eigenvalue weighted by molar-refractivity contribution is 7.93. The molecular formula is C21H27BN2O2S2. The van der Waals surface area contributed by atoms with E-state index in [2.05, 4.69) is 11.6 Å². The summed E-state index contributed by atoms with van der Waals surface area (Å²) in [4.78, 5) is 5.46. The number of hydrogen-bond acceptors (Lipinski definition) is 4. The minimum Gasteiger partial charge on any atom is -0.266 e. The molecule has 1 aliphatic heterocycles. The summed E-state index contributed by atoms with van der Waals surface area (Å²) in [5.74, 6) is 0. The number of aromatic nitrogens is 1. The molecule has 0 aromatic carbocycles. The highest BCUT2D eigenvalue weighted by atomic mass is 32.2. The van der Waals surface area contributed by atoms with E-state index in [0.29, 0.717) is 13.8 Å². The summed E-state index contributed by atoms with van der Waals surface area (Å²) in [7, 11) is -3.11. The van der Waals surface area contributed by atoms with Crippen LogP contribution in [0.15, 0.2) is 82.3 Å². The lowest BCUT2D eigenvalue weighted by molar-refractivity contribution is 0.450. The maximum absolute atomic E-state index is 13.5. The summed E-state index contributed by atoms with van der Waals surface area (Å²) in [5.41, 5.74) is 2.68. The van der Waals surface area contributed by atoms with Crippen LogP contribution in [0.4, 0.5) is 0 Å². The molecule has 0 unspecified atom stereocenters. The summed E-state index contributed by atoms with van der Waals surface area (Å²) >= 11 is 1.56. The van der Waals surface area contributed by atoms with Crippen molar-refractivity contribution >= 4 is 33.5 Å². The SMILES string of the molecule is C=C/C(=C\C(Bc1nccs1)=C/C)S(=O)(=O)N1CCCC(=C/C)/C1=C\C=C/C. The minimum absolute atomic E-state index is 0.209. The van der Waals surface area contributed by atoms with Gasteiger partial charge >= 0.3 is 0 Å². The van der Waals surface area contributed by atoms with Crippen molar-refractivity contribution in [2.45, 2.75) is 33.6 Å².